The van der Waals surface area contributed by atoms with Crippen LogP contribution >= 0.6 is 23.5 Å². The summed E-state index contributed by atoms with van der Waals surface area (Å²) >= 11 is 3.21. The Morgan fingerprint density at radius 3 is 1.37 bits per heavy atom. The third kappa shape index (κ3) is 18.1. The molecule has 0 saturated carbocycles. The van der Waals surface area contributed by atoms with E-state index in [1.807, 2.05) is 12.5 Å². The average molecular weight is 377 g/mol. The minimum Gasteiger partial charge on any atom is -0.480 e. The van der Waals surface area contributed by atoms with E-state index >= 15 is 0 Å². The zero-order chi connectivity index (χ0) is 14.6. The second kappa shape index (κ2) is 16.1. The molecule has 114 valence electrons. The monoisotopic (exact) mass is 378 g/mol. The van der Waals surface area contributed by atoms with Crippen LogP contribution in [0.5, 0.6) is 0 Å². The summed E-state index contributed by atoms with van der Waals surface area (Å²) in [6, 6.07) is -1.37. The predicted octanol–water partition coefficient (Wildman–Crippen LogP) is -0.0780. The van der Waals surface area contributed by atoms with Crippen LogP contribution in [0.2, 0.25) is 0 Å². The van der Waals surface area contributed by atoms with Gasteiger partial charge in [0.2, 0.25) is 0 Å². The SMILES string of the molecule is CSCCC(N)C(=O)O.CSCCC(N)C(=O)O.[Se]. The van der Waals surface area contributed by atoms with E-state index in [4.69, 9.17) is 21.7 Å². The third-order valence-electron chi connectivity index (χ3n) is 1.90. The molecule has 2 radical (unpaired) electrons. The van der Waals surface area contributed by atoms with Crippen molar-refractivity contribution < 1.29 is 19.8 Å². The number of thioether (sulfide) groups is 2. The van der Waals surface area contributed by atoms with Gasteiger partial charge >= 0.3 is 11.9 Å². The molecule has 6 N–H and O–H groups in total. The third-order valence-corrected chi connectivity index (χ3v) is 3.19. The van der Waals surface area contributed by atoms with Crippen LogP contribution in [0, 0.1) is 0 Å². The molecule has 0 rings (SSSR count). The fourth-order valence-electron chi connectivity index (χ4n) is 0.737. The Bertz CT molecular complexity index is 224. The van der Waals surface area contributed by atoms with Gasteiger partial charge in [-0.15, -0.1) is 0 Å². The molecule has 0 bridgehead atoms. The number of nitrogens with two attached hydrogens (primary N) is 2. The minimum atomic E-state index is -0.913. The Morgan fingerprint density at radius 2 is 1.21 bits per heavy atom. The van der Waals surface area contributed by atoms with Crippen LogP contribution in [0.15, 0.2) is 0 Å². The molecule has 0 saturated heterocycles. The van der Waals surface area contributed by atoms with Crippen LogP contribution < -0.4 is 11.5 Å². The van der Waals surface area contributed by atoms with E-state index in [1.54, 1.807) is 23.5 Å². The van der Waals surface area contributed by atoms with Crippen molar-refractivity contribution in [2.24, 2.45) is 11.5 Å². The number of carboxylic acid groups (broad SMARTS) is 2. The van der Waals surface area contributed by atoms with E-state index in [2.05, 4.69) is 0 Å². The van der Waals surface area contributed by atoms with E-state index in [0.29, 0.717) is 12.8 Å². The summed E-state index contributed by atoms with van der Waals surface area (Å²) in [5.74, 6) is -0.200. The van der Waals surface area contributed by atoms with Crippen molar-refractivity contribution in [1.29, 1.82) is 0 Å². The molecule has 0 aromatic heterocycles. The molecule has 0 aliphatic rings. The summed E-state index contributed by atoms with van der Waals surface area (Å²) in [6.45, 7) is 0. The van der Waals surface area contributed by atoms with Crippen molar-refractivity contribution in [3.63, 3.8) is 0 Å². The minimum absolute atomic E-state index is 0. The Hall–Kier alpha value is 0.0795. The molecular formula is C10H22N2O4S2Se. The van der Waals surface area contributed by atoms with Crippen molar-refractivity contribution in [3.05, 3.63) is 0 Å². The molecule has 0 spiro atoms. The Morgan fingerprint density at radius 1 is 0.947 bits per heavy atom. The normalized spacial score (nSPS) is 12.4. The number of hydrogen-bond donors (Lipinski definition) is 4. The molecular weight excluding hydrogens is 355 g/mol. The fraction of sp³-hybridized carbons (Fsp3) is 0.800. The number of hydrogen-bond acceptors (Lipinski definition) is 6. The summed E-state index contributed by atoms with van der Waals surface area (Å²) in [5.41, 5.74) is 10.4. The van der Waals surface area contributed by atoms with Gasteiger partial charge in [-0.2, -0.15) is 23.5 Å². The summed E-state index contributed by atoms with van der Waals surface area (Å²) < 4.78 is 0. The molecule has 0 fully saturated rings. The molecule has 0 heterocycles. The van der Waals surface area contributed by atoms with Gasteiger partial charge < -0.3 is 21.7 Å². The molecule has 0 aliphatic carbocycles. The zero-order valence-corrected chi connectivity index (χ0v) is 14.4. The van der Waals surface area contributed by atoms with Crippen LogP contribution in [-0.4, -0.2) is 75.3 Å². The average Bonchev–Trinajstić information content (AvgIpc) is 2.33. The van der Waals surface area contributed by atoms with Crippen molar-refractivity contribution >= 4 is 52.5 Å². The molecule has 0 aromatic carbocycles. The summed E-state index contributed by atoms with van der Waals surface area (Å²) in [4.78, 5) is 20.1. The maximum Gasteiger partial charge on any atom is 0.320 e. The second-order valence-corrected chi connectivity index (χ2v) is 5.42. The van der Waals surface area contributed by atoms with E-state index in [0.717, 1.165) is 11.5 Å². The molecule has 9 heteroatoms. The van der Waals surface area contributed by atoms with Gasteiger partial charge in [0, 0.05) is 17.1 Å². The molecule has 2 atom stereocenters. The quantitative estimate of drug-likeness (QED) is 0.433. The van der Waals surface area contributed by atoms with Gasteiger partial charge in [-0.1, -0.05) is 0 Å². The van der Waals surface area contributed by atoms with E-state index in [9.17, 15) is 9.59 Å². The maximum absolute atomic E-state index is 10.1. The summed E-state index contributed by atoms with van der Waals surface area (Å²) in [7, 11) is 0. The first-order valence-electron chi connectivity index (χ1n) is 5.31. The van der Waals surface area contributed by atoms with Crippen LogP contribution in [0.1, 0.15) is 12.8 Å². The predicted molar refractivity (Wildman–Crippen MR) is 83.0 cm³/mol. The van der Waals surface area contributed by atoms with Crippen LogP contribution in [0.4, 0.5) is 0 Å². The van der Waals surface area contributed by atoms with Gasteiger partial charge in [-0.05, 0) is 36.9 Å². The second-order valence-electron chi connectivity index (χ2n) is 3.45. The van der Waals surface area contributed by atoms with Gasteiger partial charge in [0.25, 0.3) is 0 Å². The smallest absolute Gasteiger partial charge is 0.320 e. The standard InChI is InChI=1S/2C5H11NO2S.Se/c2*1-9-3-2-4(6)5(7)8;/h2*4H,2-3,6H2,1H3,(H,7,8);. The summed E-state index contributed by atoms with van der Waals surface area (Å²) in [5, 5.41) is 16.5. The molecule has 19 heavy (non-hydrogen) atoms. The van der Waals surface area contributed by atoms with Crippen LogP contribution in [0.25, 0.3) is 0 Å². The maximum atomic E-state index is 10.1. The number of carbonyl (C=O) groups is 2. The first kappa shape index (κ1) is 24.1. The van der Waals surface area contributed by atoms with Gasteiger partial charge in [-0.25, -0.2) is 0 Å². The first-order chi connectivity index (χ1) is 8.36. The Kier molecular flexibility index (Phi) is 20.5. The summed E-state index contributed by atoms with van der Waals surface area (Å²) in [6.07, 6.45) is 4.95. The number of carboxylic acids is 2. The van der Waals surface area contributed by atoms with Crippen molar-refractivity contribution in [2.45, 2.75) is 24.9 Å². The van der Waals surface area contributed by atoms with Gasteiger partial charge in [-0.3, -0.25) is 9.59 Å². The van der Waals surface area contributed by atoms with Crippen molar-refractivity contribution in [2.75, 3.05) is 24.0 Å². The number of rotatable bonds is 8. The van der Waals surface area contributed by atoms with Gasteiger partial charge in [0.05, 0.1) is 0 Å². The van der Waals surface area contributed by atoms with Crippen molar-refractivity contribution in [3.8, 4) is 0 Å². The number of aliphatic carboxylic acids is 2. The largest absolute Gasteiger partial charge is 0.480 e. The molecule has 0 aliphatic heterocycles. The van der Waals surface area contributed by atoms with Crippen LogP contribution in [0.3, 0.4) is 0 Å². The molecule has 6 nitrogen and oxygen atoms in total. The van der Waals surface area contributed by atoms with E-state index in [-0.39, 0.29) is 17.1 Å². The van der Waals surface area contributed by atoms with Crippen LogP contribution in [-0.2, 0) is 9.59 Å². The Labute approximate surface area is 132 Å². The molecule has 0 aromatic rings. The Balaban J connectivity index is -0.000000256. The fourth-order valence-corrected chi connectivity index (χ4v) is 1.72. The van der Waals surface area contributed by atoms with E-state index in [1.165, 1.54) is 0 Å². The van der Waals surface area contributed by atoms with Crippen molar-refractivity contribution in [1.82, 2.24) is 0 Å². The van der Waals surface area contributed by atoms with Gasteiger partial charge in [0.1, 0.15) is 12.1 Å². The zero-order valence-electron chi connectivity index (χ0n) is 11.1. The molecule has 0 amide bonds. The van der Waals surface area contributed by atoms with E-state index < -0.39 is 24.0 Å². The molecule has 2 unspecified atom stereocenters. The first-order valence-corrected chi connectivity index (χ1v) is 8.10. The topological polar surface area (TPSA) is 127 Å². The van der Waals surface area contributed by atoms with Gasteiger partial charge in [0.15, 0.2) is 0 Å².